The van der Waals surface area contributed by atoms with Crippen molar-refractivity contribution in [3.63, 3.8) is 0 Å². The molecule has 0 aromatic heterocycles. The van der Waals surface area contributed by atoms with Gasteiger partial charge in [-0.1, -0.05) is 37.3 Å². The fraction of sp³-hybridized carbons (Fsp3) is 0.611. The van der Waals surface area contributed by atoms with Gasteiger partial charge < -0.3 is 5.73 Å². The maximum atomic E-state index is 12.2. The number of benzene rings is 1. The van der Waals surface area contributed by atoms with Crippen LogP contribution < -0.4 is 5.73 Å². The largest absolute Gasteiger partial charge is 0.369 e. The Morgan fingerprint density at radius 1 is 1.10 bits per heavy atom. The Hall–Kier alpha value is -1.31. The van der Waals surface area contributed by atoms with Crippen molar-refractivity contribution in [1.82, 2.24) is 0 Å². The smallest absolute Gasteiger partial charge is 0.223 e. The molecule has 20 heavy (non-hydrogen) atoms. The Labute approximate surface area is 120 Å². The molecule has 0 radical (unpaired) electrons. The standard InChI is InChI=1S/C18H23NO/c1-12-13-7-17(15-5-3-2-4-6-15)8-14(12)10-18(9-13,11-17)16(19)20/h2-6,12-14H,7-11H2,1H3,(H2,19,20)/t12?,13-,14?,17?,18?/m0/s1. The summed E-state index contributed by atoms with van der Waals surface area (Å²) in [4.78, 5) is 12.2. The highest BCUT2D eigenvalue weighted by Crippen LogP contribution is 2.67. The number of amides is 1. The van der Waals surface area contributed by atoms with Crippen LogP contribution in [0.4, 0.5) is 0 Å². The molecule has 2 nitrogen and oxygen atoms in total. The summed E-state index contributed by atoms with van der Waals surface area (Å²) in [6, 6.07) is 10.9. The average molecular weight is 269 g/mol. The molecule has 4 aliphatic rings. The number of carbonyl (C=O) groups excluding carboxylic acids is 1. The van der Waals surface area contributed by atoms with Crippen molar-refractivity contribution in [2.75, 3.05) is 0 Å². The number of nitrogens with two attached hydrogens (primary N) is 1. The highest BCUT2D eigenvalue weighted by Gasteiger charge is 2.62. The van der Waals surface area contributed by atoms with Crippen molar-refractivity contribution in [2.45, 2.75) is 44.4 Å². The lowest BCUT2D eigenvalue weighted by atomic mass is 9.40. The van der Waals surface area contributed by atoms with Crippen molar-refractivity contribution < 1.29 is 4.79 Å². The summed E-state index contributed by atoms with van der Waals surface area (Å²) in [5.41, 5.74) is 7.27. The minimum absolute atomic E-state index is 0.0425. The monoisotopic (exact) mass is 269 g/mol. The minimum Gasteiger partial charge on any atom is -0.369 e. The van der Waals surface area contributed by atoms with Gasteiger partial charge >= 0.3 is 0 Å². The molecule has 106 valence electrons. The molecule has 0 saturated heterocycles. The molecule has 4 bridgehead atoms. The first-order valence-corrected chi connectivity index (χ1v) is 7.90. The van der Waals surface area contributed by atoms with Gasteiger partial charge in [0.1, 0.15) is 0 Å². The van der Waals surface area contributed by atoms with Gasteiger partial charge in [0, 0.05) is 0 Å². The summed E-state index contributed by atoms with van der Waals surface area (Å²) in [5.74, 6) is 2.09. The van der Waals surface area contributed by atoms with Crippen LogP contribution in [0, 0.1) is 23.2 Å². The molecule has 4 fully saturated rings. The molecule has 4 aliphatic carbocycles. The molecule has 2 heteroatoms. The Balaban J connectivity index is 1.82. The van der Waals surface area contributed by atoms with E-state index in [1.807, 2.05) is 0 Å². The number of primary amides is 1. The van der Waals surface area contributed by atoms with Gasteiger partial charge in [-0.05, 0) is 60.8 Å². The van der Waals surface area contributed by atoms with Gasteiger partial charge in [0.05, 0.1) is 5.41 Å². The molecule has 4 saturated carbocycles. The van der Waals surface area contributed by atoms with E-state index < -0.39 is 0 Å². The van der Waals surface area contributed by atoms with E-state index in [2.05, 4.69) is 37.3 Å². The molecule has 5 rings (SSSR count). The van der Waals surface area contributed by atoms with E-state index in [-0.39, 0.29) is 16.7 Å². The van der Waals surface area contributed by atoms with Crippen LogP contribution in [-0.2, 0) is 10.2 Å². The Bertz CT molecular complexity index is 534. The second-order valence-corrected chi connectivity index (χ2v) is 7.66. The van der Waals surface area contributed by atoms with Crippen LogP contribution in [-0.4, -0.2) is 5.91 Å². The third-order valence-corrected chi connectivity index (χ3v) is 6.68. The van der Waals surface area contributed by atoms with Gasteiger partial charge in [-0.2, -0.15) is 0 Å². The fourth-order valence-electron chi connectivity index (χ4n) is 5.80. The van der Waals surface area contributed by atoms with Gasteiger partial charge in [-0.15, -0.1) is 0 Å². The molecular weight excluding hydrogens is 246 g/mol. The number of hydrogen-bond acceptors (Lipinski definition) is 1. The van der Waals surface area contributed by atoms with E-state index in [1.54, 1.807) is 0 Å². The second kappa shape index (κ2) is 3.87. The van der Waals surface area contributed by atoms with E-state index in [1.165, 1.54) is 18.4 Å². The van der Waals surface area contributed by atoms with Crippen LogP contribution in [0.15, 0.2) is 30.3 Å². The molecular formula is C18H23NO. The highest BCUT2D eigenvalue weighted by molar-refractivity contribution is 5.81. The van der Waals surface area contributed by atoms with Crippen molar-refractivity contribution >= 4 is 5.91 Å². The Morgan fingerprint density at radius 2 is 1.70 bits per heavy atom. The van der Waals surface area contributed by atoms with Crippen LogP contribution in [0.2, 0.25) is 0 Å². The van der Waals surface area contributed by atoms with Gasteiger partial charge in [0.25, 0.3) is 0 Å². The van der Waals surface area contributed by atoms with E-state index in [4.69, 9.17) is 5.73 Å². The lowest BCUT2D eigenvalue weighted by molar-refractivity contribution is -0.152. The van der Waals surface area contributed by atoms with Crippen LogP contribution >= 0.6 is 0 Å². The molecule has 1 aromatic rings. The zero-order valence-corrected chi connectivity index (χ0v) is 12.1. The van der Waals surface area contributed by atoms with Gasteiger partial charge in [0.15, 0.2) is 0 Å². The summed E-state index contributed by atoms with van der Waals surface area (Å²) < 4.78 is 0. The quantitative estimate of drug-likeness (QED) is 0.880. The van der Waals surface area contributed by atoms with E-state index in [9.17, 15) is 4.79 Å². The second-order valence-electron chi connectivity index (χ2n) is 7.66. The molecule has 4 unspecified atom stereocenters. The number of rotatable bonds is 2. The van der Waals surface area contributed by atoms with Crippen molar-refractivity contribution in [3.8, 4) is 0 Å². The molecule has 0 aliphatic heterocycles. The maximum absolute atomic E-state index is 12.2. The fourth-order valence-corrected chi connectivity index (χ4v) is 5.80. The van der Waals surface area contributed by atoms with E-state index in [0.29, 0.717) is 11.8 Å². The van der Waals surface area contributed by atoms with Crippen molar-refractivity contribution in [2.24, 2.45) is 28.9 Å². The van der Waals surface area contributed by atoms with Crippen molar-refractivity contribution in [3.05, 3.63) is 35.9 Å². The minimum atomic E-state index is -0.214. The highest BCUT2D eigenvalue weighted by atomic mass is 16.1. The first-order chi connectivity index (χ1) is 9.55. The SMILES string of the molecule is CC1C2CC3(C(N)=O)C[C@@H]1CC(c1ccccc1)(C2)C3. The molecule has 5 atom stereocenters. The third kappa shape index (κ3) is 1.48. The van der Waals surface area contributed by atoms with E-state index >= 15 is 0 Å². The van der Waals surface area contributed by atoms with Crippen LogP contribution in [0.3, 0.4) is 0 Å². The van der Waals surface area contributed by atoms with Crippen LogP contribution in [0.5, 0.6) is 0 Å². The molecule has 1 aromatic carbocycles. The predicted molar refractivity (Wildman–Crippen MR) is 79.0 cm³/mol. The lowest BCUT2D eigenvalue weighted by Crippen LogP contribution is -2.60. The molecule has 2 N–H and O–H groups in total. The maximum Gasteiger partial charge on any atom is 0.223 e. The van der Waals surface area contributed by atoms with Gasteiger partial charge in [-0.25, -0.2) is 0 Å². The van der Waals surface area contributed by atoms with Crippen LogP contribution in [0.1, 0.15) is 44.6 Å². The number of carbonyl (C=O) groups is 1. The Morgan fingerprint density at radius 3 is 2.25 bits per heavy atom. The topological polar surface area (TPSA) is 43.1 Å². The first kappa shape index (κ1) is 12.4. The zero-order chi connectivity index (χ0) is 14.0. The summed E-state index contributed by atoms with van der Waals surface area (Å²) in [7, 11) is 0. The predicted octanol–water partition coefficient (Wildman–Crippen LogP) is 3.26. The summed E-state index contributed by atoms with van der Waals surface area (Å²) in [6.07, 6.45) is 5.57. The average Bonchev–Trinajstić information content (AvgIpc) is 2.44. The molecule has 0 spiro atoms. The lowest BCUT2D eigenvalue weighted by Gasteiger charge is -2.63. The molecule has 1 amide bonds. The normalized spacial score (nSPS) is 45.5. The first-order valence-electron chi connectivity index (χ1n) is 7.90. The molecule has 0 heterocycles. The Kier molecular flexibility index (Phi) is 2.40. The van der Waals surface area contributed by atoms with Crippen LogP contribution in [0.25, 0.3) is 0 Å². The van der Waals surface area contributed by atoms with Gasteiger partial charge in [0.2, 0.25) is 5.91 Å². The zero-order valence-electron chi connectivity index (χ0n) is 12.1. The van der Waals surface area contributed by atoms with E-state index in [0.717, 1.165) is 25.2 Å². The summed E-state index contributed by atoms with van der Waals surface area (Å²) in [5, 5.41) is 0. The summed E-state index contributed by atoms with van der Waals surface area (Å²) >= 11 is 0. The number of hydrogen-bond donors (Lipinski definition) is 1. The van der Waals surface area contributed by atoms with Crippen molar-refractivity contribution in [1.29, 1.82) is 0 Å². The third-order valence-electron chi connectivity index (χ3n) is 6.68. The summed E-state index contributed by atoms with van der Waals surface area (Å²) in [6.45, 7) is 2.39. The van der Waals surface area contributed by atoms with Gasteiger partial charge in [-0.3, -0.25) is 4.79 Å².